The van der Waals surface area contributed by atoms with Crippen molar-refractivity contribution in [2.45, 2.75) is 78.4 Å². The molecule has 0 saturated carbocycles. The fourth-order valence-corrected chi connectivity index (χ4v) is 3.41. The summed E-state index contributed by atoms with van der Waals surface area (Å²) in [6.45, 7) is 25.6. The molecule has 1 aromatic heterocycles. The SMILES string of the molecule is [C-]#[N+]c1c(C#C[Si](C)(C)C)nn(C2CN(C(=O)OC(C)(C)C)C2)c1N(C)C(=O)OC(C)(C)C. The van der Waals surface area contributed by atoms with Gasteiger partial charge in [-0.25, -0.2) is 14.4 Å². The van der Waals surface area contributed by atoms with Gasteiger partial charge >= 0.3 is 12.2 Å². The van der Waals surface area contributed by atoms with Crippen molar-refractivity contribution in [3.63, 3.8) is 0 Å². The summed E-state index contributed by atoms with van der Waals surface area (Å²) in [5.41, 5.74) is 2.48. The minimum absolute atomic E-state index is 0.199. The number of aromatic nitrogens is 2. The first-order chi connectivity index (χ1) is 14.9. The van der Waals surface area contributed by atoms with Crippen LogP contribution in [0.15, 0.2) is 0 Å². The maximum absolute atomic E-state index is 12.8. The fraction of sp³-hybridized carbons (Fsp3) is 0.652. The van der Waals surface area contributed by atoms with Gasteiger partial charge < -0.3 is 14.4 Å². The Hall–Kier alpha value is -2.98. The molecule has 10 heteroatoms. The average molecular weight is 474 g/mol. The molecular formula is C23H35N5O4Si. The molecule has 0 spiro atoms. The van der Waals surface area contributed by atoms with E-state index in [9.17, 15) is 9.59 Å². The van der Waals surface area contributed by atoms with Crippen LogP contribution in [0.3, 0.4) is 0 Å². The quantitative estimate of drug-likeness (QED) is 0.349. The number of rotatable bonds is 2. The Kier molecular flexibility index (Phi) is 7.25. The molecule has 0 radical (unpaired) electrons. The van der Waals surface area contributed by atoms with Gasteiger partial charge in [-0.1, -0.05) is 25.6 Å². The van der Waals surface area contributed by atoms with E-state index in [0.29, 0.717) is 24.6 Å². The van der Waals surface area contributed by atoms with Crippen LogP contribution in [0.25, 0.3) is 4.85 Å². The average Bonchev–Trinajstić information content (AvgIpc) is 2.92. The minimum atomic E-state index is -1.72. The van der Waals surface area contributed by atoms with Crippen LogP contribution in [0.4, 0.5) is 21.1 Å². The van der Waals surface area contributed by atoms with Gasteiger partial charge in [0.05, 0.1) is 12.6 Å². The lowest BCUT2D eigenvalue weighted by Crippen LogP contribution is -2.53. The van der Waals surface area contributed by atoms with Crippen molar-refractivity contribution in [2.24, 2.45) is 0 Å². The molecule has 0 bridgehead atoms. The molecule has 0 aromatic carbocycles. The molecule has 9 nitrogen and oxygen atoms in total. The first kappa shape index (κ1) is 26.3. The van der Waals surface area contributed by atoms with Crippen LogP contribution in [-0.4, -0.2) is 66.3 Å². The zero-order valence-corrected chi connectivity index (χ0v) is 22.4. The Morgan fingerprint density at radius 1 is 1.12 bits per heavy atom. The summed E-state index contributed by atoms with van der Waals surface area (Å²) in [6.07, 6.45) is -1.00. The lowest BCUT2D eigenvalue weighted by atomic mass is 10.1. The van der Waals surface area contributed by atoms with E-state index in [0.717, 1.165) is 0 Å². The Morgan fingerprint density at radius 2 is 1.67 bits per heavy atom. The number of amides is 2. The number of likely N-dealkylation sites (tertiary alicyclic amines) is 1. The molecule has 1 fully saturated rings. The van der Waals surface area contributed by atoms with Crippen molar-refractivity contribution in [3.8, 4) is 11.5 Å². The molecule has 0 unspecified atom stereocenters. The highest BCUT2D eigenvalue weighted by molar-refractivity contribution is 6.83. The van der Waals surface area contributed by atoms with Crippen molar-refractivity contribution in [3.05, 3.63) is 17.1 Å². The van der Waals surface area contributed by atoms with E-state index in [1.165, 1.54) is 4.90 Å². The smallest absolute Gasteiger partial charge is 0.414 e. The summed E-state index contributed by atoms with van der Waals surface area (Å²) < 4.78 is 12.6. The van der Waals surface area contributed by atoms with E-state index in [1.54, 1.807) is 37.4 Å². The van der Waals surface area contributed by atoms with E-state index in [4.69, 9.17) is 16.0 Å². The normalized spacial score (nSPS) is 14.5. The third-order valence-electron chi connectivity index (χ3n) is 4.37. The number of hydrogen-bond donors (Lipinski definition) is 0. The van der Waals surface area contributed by atoms with Gasteiger partial charge in [0.1, 0.15) is 30.8 Å². The van der Waals surface area contributed by atoms with Crippen molar-refractivity contribution in [1.82, 2.24) is 14.7 Å². The molecule has 0 aliphatic carbocycles. The van der Waals surface area contributed by atoms with Gasteiger partial charge in [0, 0.05) is 20.1 Å². The first-order valence-electron chi connectivity index (χ1n) is 10.9. The molecule has 1 aromatic rings. The highest BCUT2D eigenvalue weighted by Gasteiger charge is 2.39. The zero-order valence-electron chi connectivity index (χ0n) is 21.4. The summed E-state index contributed by atoms with van der Waals surface area (Å²) in [5, 5.41) is 4.60. The zero-order chi connectivity index (χ0) is 25.4. The third-order valence-corrected chi connectivity index (χ3v) is 5.25. The number of carbonyl (C=O) groups is 2. The van der Waals surface area contributed by atoms with Crippen LogP contribution in [0.5, 0.6) is 0 Å². The summed E-state index contributed by atoms with van der Waals surface area (Å²) in [7, 11) is -0.171. The number of nitrogens with zero attached hydrogens (tertiary/aromatic N) is 5. The van der Waals surface area contributed by atoms with Gasteiger partial charge in [-0.2, -0.15) is 5.10 Å². The number of ether oxygens (including phenoxy) is 2. The topological polar surface area (TPSA) is 81.3 Å². The van der Waals surface area contributed by atoms with Crippen molar-refractivity contribution < 1.29 is 19.1 Å². The maximum atomic E-state index is 12.8. The van der Waals surface area contributed by atoms with Crippen molar-refractivity contribution in [2.75, 3.05) is 25.0 Å². The second kappa shape index (κ2) is 9.10. The van der Waals surface area contributed by atoms with Crippen LogP contribution in [-0.2, 0) is 9.47 Å². The first-order valence-corrected chi connectivity index (χ1v) is 14.4. The second-order valence-corrected chi connectivity index (χ2v) is 15.9. The van der Waals surface area contributed by atoms with Gasteiger partial charge in [0.2, 0.25) is 0 Å². The van der Waals surface area contributed by atoms with E-state index >= 15 is 0 Å². The molecule has 0 N–H and O–H groups in total. The summed E-state index contributed by atoms with van der Waals surface area (Å²) in [5.74, 6) is 3.37. The lowest BCUT2D eigenvalue weighted by molar-refractivity contribution is -0.000362. The van der Waals surface area contributed by atoms with E-state index < -0.39 is 31.5 Å². The molecule has 2 amide bonds. The van der Waals surface area contributed by atoms with Gasteiger partial charge in [-0.05, 0) is 41.5 Å². The Labute approximate surface area is 197 Å². The Bertz CT molecular complexity index is 1020. The van der Waals surface area contributed by atoms with Crippen molar-refractivity contribution in [1.29, 1.82) is 0 Å². The monoisotopic (exact) mass is 473 g/mol. The lowest BCUT2D eigenvalue weighted by Gasteiger charge is -2.40. The molecule has 1 aliphatic heterocycles. The molecule has 33 heavy (non-hydrogen) atoms. The molecular weight excluding hydrogens is 438 g/mol. The van der Waals surface area contributed by atoms with Gasteiger partial charge in [-0.15, -0.1) is 5.54 Å². The maximum Gasteiger partial charge on any atom is 0.414 e. The second-order valence-electron chi connectivity index (χ2n) is 11.2. The van der Waals surface area contributed by atoms with Crippen LogP contribution < -0.4 is 4.90 Å². The predicted octanol–water partition coefficient (Wildman–Crippen LogP) is 4.83. The third kappa shape index (κ3) is 7.00. The predicted molar refractivity (Wildman–Crippen MR) is 130 cm³/mol. The Morgan fingerprint density at radius 3 is 2.12 bits per heavy atom. The summed E-state index contributed by atoms with van der Waals surface area (Å²) in [6, 6.07) is -0.222. The number of anilines is 1. The highest BCUT2D eigenvalue weighted by atomic mass is 28.3. The molecule has 1 aliphatic rings. The van der Waals surface area contributed by atoms with Crippen LogP contribution in [0, 0.1) is 18.0 Å². The van der Waals surface area contributed by atoms with Crippen molar-refractivity contribution >= 4 is 31.8 Å². The largest absolute Gasteiger partial charge is 0.444 e. The van der Waals surface area contributed by atoms with Crippen LogP contribution in [0.2, 0.25) is 19.6 Å². The van der Waals surface area contributed by atoms with Crippen LogP contribution >= 0.6 is 0 Å². The molecule has 2 heterocycles. The van der Waals surface area contributed by atoms with Gasteiger partial charge in [-0.3, -0.25) is 9.58 Å². The Balaban J connectivity index is 2.44. The number of carbonyl (C=O) groups excluding carboxylic acids is 2. The molecule has 2 rings (SSSR count). The fourth-order valence-electron chi connectivity index (χ4n) is 2.92. The molecule has 1 saturated heterocycles. The van der Waals surface area contributed by atoms with Gasteiger partial charge in [0.25, 0.3) is 5.69 Å². The van der Waals surface area contributed by atoms with Gasteiger partial charge in [0.15, 0.2) is 0 Å². The summed E-state index contributed by atoms with van der Waals surface area (Å²) >= 11 is 0. The molecule has 0 atom stereocenters. The van der Waals surface area contributed by atoms with E-state index in [-0.39, 0.29) is 11.7 Å². The van der Waals surface area contributed by atoms with Crippen LogP contribution in [0.1, 0.15) is 53.3 Å². The minimum Gasteiger partial charge on any atom is -0.444 e. The number of hydrogen-bond acceptors (Lipinski definition) is 5. The summed E-state index contributed by atoms with van der Waals surface area (Å²) in [4.78, 5) is 31.7. The molecule has 180 valence electrons. The van der Waals surface area contributed by atoms with E-state index in [1.807, 2.05) is 20.8 Å². The van der Waals surface area contributed by atoms with E-state index in [2.05, 4.69) is 41.0 Å². The standard InChI is InChI=1S/C23H35N5O4Si/c1-22(2,3)31-20(29)26(8)19-18(24-7)17(12-13-33(9,10)11)25-28(19)16-14-27(15-16)21(30)32-23(4,5)6/h16H,14-15H2,1-6,8-11H3. The highest BCUT2D eigenvalue weighted by Crippen LogP contribution is 2.37.